The lowest BCUT2D eigenvalue weighted by Crippen LogP contribution is -2.61. The van der Waals surface area contributed by atoms with E-state index in [0.717, 1.165) is 13.0 Å². The second-order valence-corrected chi connectivity index (χ2v) is 7.45. The molecule has 4 aliphatic rings. The molecule has 3 heteroatoms. The van der Waals surface area contributed by atoms with Gasteiger partial charge in [0.25, 0.3) is 0 Å². The fourth-order valence-corrected chi connectivity index (χ4v) is 5.71. The molecule has 0 aliphatic carbocycles. The summed E-state index contributed by atoms with van der Waals surface area (Å²) in [6.07, 6.45) is 4.54. The number of nitrogens with zero attached hydrogens (tertiary/aromatic N) is 2. The van der Waals surface area contributed by atoms with Gasteiger partial charge in [-0.1, -0.05) is 29.8 Å². The van der Waals surface area contributed by atoms with E-state index in [0.29, 0.717) is 30.5 Å². The highest BCUT2D eigenvalue weighted by molar-refractivity contribution is 5.86. The van der Waals surface area contributed by atoms with Crippen LogP contribution >= 0.6 is 0 Å². The van der Waals surface area contributed by atoms with Gasteiger partial charge in [0, 0.05) is 48.8 Å². The fourth-order valence-electron chi connectivity index (χ4n) is 5.71. The Hall–Kier alpha value is -1.58. The number of fused-ring (bicyclic) bond motifs is 4. The number of aryl methyl sites for hydroxylation is 1. The predicted octanol–water partition coefficient (Wildman–Crippen LogP) is 3.03. The largest absolute Gasteiger partial charge is 0.396 e. The van der Waals surface area contributed by atoms with E-state index in [9.17, 15) is 5.11 Å². The third-order valence-corrected chi connectivity index (χ3v) is 6.73. The van der Waals surface area contributed by atoms with Crippen molar-refractivity contribution in [3.63, 3.8) is 0 Å². The molecule has 6 rings (SSSR count). The van der Waals surface area contributed by atoms with Crippen molar-refractivity contribution >= 4 is 10.9 Å². The summed E-state index contributed by atoms with van der Waals surface area (Å²) in [5.74, 6) is 0.967. The summed E-state index contributed by atoms with van der Waals surface area (Å²) < 4.78 is 2.43. The Morgan fingerprint density at radius 2 is 2.13 bits per heavy atom. The Balaban J connectivity index is 1.72. The number of hydrogen-bond donors (Lipinski definition) is 1. The van der Waals surface area contributed by atoms with Crippen molar-refractivity contribution in [1.82, 2.24) is 9.47 Å². The van der Waals surface area contributed by atoms with Gasteiger partial charge in [-0.25, -0.2) is 0 Å². The van der Waals surface area contributed by atoms with Crippen molar-refractivity contribution in [3.8, 4) is 0 Å². The second-order valence-electron chi connectivity index (χ2n) is 7.45. The standard InChI is InChI=1S/C20H24N2O/c1-3-12-10-22-18-9-15-13-6-4-5-7-17(13)21(2)20(15)19(22)8-14(12)16(18)11-23/h3-7,14,16,18-19,23H,8-11H2,1-2H3/b12-3-/t14-,16+,18-,19-/m1/s1. The van der Waals surface area contributed by atoms with E-state index in [4.69, 9.17) is 0 Å². The molecule has 0 radical (unpaired) electrons. The highest BCUT2D eigenvalue weighted by atomic mass is 16.3. The van der Waals surface area contributed by atoms with Gasteiger partial charge < -0.3 is 9.67 Å². The van der Waals surface area contributed by atoms with Crippen molar-refractivity contribution in [1.29, 1.82) is 0 Å². The summed E-state index contributed by atoms with van der Waals surface area (Å²) in [6.45, 7) is 3.56. The molecule has 1 unspecified atom stereocenters. The number of aromatic nitrogens is 1. The molecule has 4 aliphatic heterocycles. The number of aliphatic hydroxyl groups excluding tert-OH is 1. The summed E-state index contributed by atoms with van der Waals surface area (Å²) in [7, 11) is 2.23. The first kappa shape index (κ1) is 13.8. The third kappa shape index (κ3) is 1.62. The third-order valence-electron chi connectivity index (χ3n) is 6.73. The molecule has 0 saturated carbocycles. The van der Waals surface area contributed by atoms with E-state index in [1.54, 1.807) is 5.57 Å². The number of aliphatic hydroxyl groups is 1. The average molecular weight is 308 g/mol. The molecule has 3 nitrogen and oxygen atoms in total. The first-order valence-electron chi connectivity index (χ1n) is 8.82. The van der Waals surface area contributed by atoms with Gasteiger partial charge in [-0.15, -0.1) is 0 Å². The molecule has 1 aromatic carbocycles. The van der Waals surface area contributed by atoms with Gasteiger partial charge in [-0.05, 0) is 37.3 Å². The molecule has 1 aromatic heterocycles. The summed E-state index contributed by atoms with van der Waals surface area (Å²) in [4.78, 5) is 2.68. The van der Waals surface area contributed by atoms with Crippen LogP contribution in [0.15, 0.2) is 35.9 Å². The van der Waals surface area contributed by atoms with Crippen molar-refractivity contribution in [2.24, 2.45) is 18.9 Å². The number of rotatable bonds is 1. The summed E-state index contributed by atoms with van der Waals surface area (Å²) in [5, 5.41) is 11.5. The van der Waals surface area contributed by atoms with Crippen LogP contribution in [0.2, 0.25) is 0 Å². The van der Waals surface area contributed by atoms with Crippen LogP contribution < -0.4 is 0 Å². The molecule has 3 fully saturated rings. The van der Waals surface area contributed by atoms with Gasteiger partial charge in [0.05, 0.1) is 6.04 Å². The van der Waals surface area contributed by atoms with Crippen LogP contribution in [0, 0.1) is 11.8 Å². The highest BCUT2D eigenvalue weighted by Gasteiger charge is 2.52. The molecule has 5 atom stereocenters. The van der Waals surface area contributed by atoms with Gasteiger partial charge in [0.2, 0.25) is 0 Å². The molecule has 4 bridgehead atoms. The van der Waals surface area contributed by atoms with E-state index in [2.05, 4.69) is 53.8 Å². The van der Waals surface area contributed by atoms with Crippen LogP contribution in [0.5, 0.6) is 0 Å². The van der Waals surface area contributed by atoms with Gasteiger partial charge in [0.15, 0.2) is 0 Å². The van der Waals surface area contributed by atoms with Crippen LogP contribution in [0.3, 0.4) is 0 Å². The van der Waals surface area contributed by atoms with E-state index < -0.39 is 0 Å². The zero-order chi connectivity index (χ0) is 15.7. The molecule has 1 N–H and O–H groups in total. The molecule has 0 spiro atoms. The summed E-state index contributed by atoms with van der Waals surface area (Å²) in [6, 6.07) is 9.84. The molecular weight excluding hydrogens is 284 g/mol. The molecule has 120 valence electrons. The number of benzene rings is 1. The zero-order valence-corrected chi connectivity index (χ0v) is 13.9. The van der Waals surface area contributed by atoms with Crippen molar-refractivity contribution < 1.29 is 5.11 Å². The summed E-state index contributed by atoms with van der Waals surface area (Å²) >= 11 is 0. The Kier molecular flexibility index (Phi) is 2.83. The Morgan fingerprint density at radius 3 is 2.91 bits per heavy atom. The van der Waals surface area contributed by atoms with Gasteiger partial charge >= 0.3 is 0 Å². The first-order valence-corrected chi connectivity index (χ1v) is 8.82. The monoisotopic (exact) mass is 308 g/mol. The Morgan fingerprint density at radius 1 is 1.30 bits per heavy atom. The van der Waals surface area contributed by atoms with Gasteiger partial charge in [-0.3, -0.25) is 4.90 Å². The first-order chi connectivity index (χ1) is 11.2. The van der Waals surface area contributed by atoms with Crippen LogP contribution in [-0.4, -0.2) is 33.8 Å². The lowest BCUT2D eigenvalue weighted by Gasteiger charge is -2.58. The van der Waals surface area contributed by atoms with Crippen LogP contribution in [0.1, 0.15) is 30.6 Å². The Labute approximate surface area is 137 Å². The average Bonchev–Trinajstić information content (AvgIpc) is 2.87. The molecule has 3 saturated heterocycles. The van der Waals surface area contributed by atoms with Crippen LogP contribution in [0.25, 0.3) is 10.9 Å². The van der Waals surface area contributed by atoms with Gasteiger partial charge in [-0.2, -0.15) is 0 Å². The smallest absolute Gasteiger partial charge is 0.0515 e. The maximum atomic E-state index is 10.0. The van der Waals surface area contributed by atoms with Crippen molar-refractivity contribution in [2.75, 3.05) is 13.2 Å². The number of hydrogen-bond acceptors (Lipinski definition) is 2. The predicted molar refractivity (Wildman–Crippen MR) is 92.3 cm³/mol. The van der Waals surface area contributed by atoms with E-state index >= 15 is 0 Å². The second kappa shape index (κ2) is 4.71. The minimum absolute atomic E-state index is 0.315. The fraction of sp³-hybridized carbons (Fsp3) is 0.500. The SMILES string of the molecule is C/C=C1/CN2[C@@H]3C[C@H]1[C@H](CO)[C@H]2Cc1c3n(C)c2ccccc12. The summed E-state index contributed by atoms with van der Waals surface area (Å²) in [5.41, 5.74) is 5.96. The highest BCUT2D eigenvalue weighted by Crippen LogP contribution is 2.54. The maximum absolute atomic E-state index is 10.0. The van der Waals surface area contributed by atoms with Crippen LogP contribution in [-0.2, 0) is 13.5 Å². The number of piperidine rings is 3. The maximum Gasteiger partial charge on any atom is 0.0515 e. The molecular formula is C20H24N2O. The van der Waals surface area contributed by atoms with Gasteiger partial charge in [0.1, 0.15) is 0 Å². The lowest BCUT2D eigenvalue weighted by molar-refractivity contribution is -0.0513. The molecule has 23 heavy (non-hydrogen) atoms. The van der Waals surface area contributed by atoms with E-state index in [-0.39, 0.29) is 0 Å². The molecule has 2 aromatic rings. The lowest BCUT2D eigenvalue weighted by atomic mass is 9.64. The molecule has 0 amide bonds. The zero-order valence-electron chi connectivity index (χ0n) is 13.9. The van der Waals surface area contributed by atoms with Crippen LogP contribution in [0.4, 0.5) is 0 Å². The normalized spacial score (nSPS) is 36.7. The topological polar surface area (TPSA) is 28.4 Å². The van der Waals surface area contributed by atoms with Crippen molar-refractivity contribution in [3.05, 3.63) is 47.2 Å². The van der Waals surface area contributed by atoms with E-state index in [1.807, 2.05) is 0 Å². The molecule has 5 heterocycles. The Bertz CT molecular complexity index is 818. The minimum Gasteiger partial charge on any atom is -0.396 e. The van der Waals surface area contributed by atoms with Crippen molar-refractivity contribution in [2.45, 2.75) is 31.8 Å². The number of para-hydroxylation sites is 1. The number of allylic oxidation sites excluding steroid dienone is 1. The minimum atomic E-state index is 0.315. The van der Waals surface area contributed by atoms with E-state index in [1.165, 1.54) is 28.6 Å². The quantitative estimate of drug-likeness (QED) is 0.820.